The Hall–Kier alpha value is -3.28. The van der Waals surface area contributed by atoms with Crippen LogP contribution in [0.3, 0.4) is 0 Å². The van der Waals surface area contributed by atoms with Crippen molar-refractivity contribution in [1.29, 1.82) is 0 Å². The van der Waals surface area contributed by atoms with Gasteiger partial charge in [0.05, 0.1) is 12.8 Å². The van der Waals surface area contributed by atoms with Crippen LogP contribution in [0.5, 0.6) is 0 Å². The normalized spacial score (nSPS) is 10.2. The van der Waals surface area contributed by atoms with Gasteiger partial charge in [-0.2, -0.15) is 0 Å². The zero-order chi connectivity index (χ0) is 18.9. The second kappa shape index (κ2) is 9.27. The standard InChI is InChI=1S/C20H18O6/c1-14(19(23)25-17(21)12-15-8-4-2-5-9-15)20(24)26-18(22)13-16-10-6-3-7-11-16/h2-11,14H,12-13H2,1H3. The third kappa shape index (κ3) is 5.98. The summed E-state index contributed by atoms with van der Waals surface area (Å²) in [6.07, 6.45) is -0.192. The Balaban J connectivity index is 1.81. The molecular formula is C20H18O6. The fraction of sp³-hybridized carbons (Fsp3) is 0.200. The smallest absolute Gasteiger partial charge is 0.327 e. The van der Waals surface area contributed by atoms with Gasteiger partial charge in [-0.05, 0) is 18.1 Å². The molecule has 0 amide bonds. The molecule has 2 aromatic rings. The highest BCUT2D eigenvalue weighted by atomic mass is 16.6. The van der Waals surface area contributed by atoms with Gasteiger partial charge in [-0.15, -0.1) is 0 Å². The lowest BCUT2D eigenvalue weighted by atomic mass is 10.1. The highest BCUT2D eigenvalue weighted by molar-refractivity contribution is 6.02. The number of hydrogen-bond donors (Lipinski definition) is 0. The van der Waals surface area contributed by atoms with Crippen LogP contribution in [0, 0.1) is 5.92 Å². The van der Waals surface area contributed by atoms with Crippen molar-refractivity contribution >= 4 is 23.9 Å². The molecule has 0 aliphatic heterocycles. The third-order valence-corrected chi connectivity index (χ3v) is 3.52. The monoisotopic (exact) mass is 354 g/mol. The van der Waals surface area contributed by atoms with Crippen molar-refractivity contribution < 1.29 is 28.7 Å². The van der Waals surface area contributed by atoms with Crippen LogP contribution in [0.1, 0.15) is 18.1 Å². The van der Waals surface area contributed by atoms with Crippen molar-refractivity contribution in [3.8, 4) is 0 Å². The molecule has 6 nitrogen and oxygen atoms in total. The average molecular weight is 354 g/mol. The van der Waals surface area contributed by atoms with Crippen molar-refractivity contribution in [2.24, 2.45) is 5.92 Å². The van der Waals surface area contributed by atoms with E-state index in [2.05, 4.69) is 9.47 Å². The predicted octanol–water partition coefficient (Wildman–Crippen LogP) is 2.25. The SMILES string of the molecule is CC(C(=O)OC(=O)Cc1ccccc1)C(=O)OC(=O)Cc1ccccc1. The van der Waals surface area contributed by atoms with Crippen LogP contribution in [0.25, 0.3) is 0 Å². The van der Waals surface area contributed by atoms with Crippen molar-refractivity contribution in [3.05, 3.63) is 71.8 Å². The summed E-state index contributed by atoms with van der Waals surface area (Å²) in [7, 11) is 0. The van der Waals surface area contributed by atoms with Crippen LogP contribution in [0.2, 0.25) is 0 Å². The Morgan fingerprint density at radius 1 is 0.692 bits per heavy atom. The van der Waals surface area contributed by atoms with Crippen molar-refractivity contribution in [2.75, 3.05) is 0 Å². The van der Waals surface area contributed by atoms with Gasteiger partial charge in [-0.1, -0.05) is 60.7 Å². The summed E-state index contributed by atoms with van der Waals surface area (Å²) in [5.74, 6) is -5.05. The number of esters is 4. The fourth-order valence-corrected chi connectivity index (χ4v) is 2.09. The molecule has 0 saturated heterocycles. The number of ether oxygens (including phenoxy) is 2. The molecule has 134 valence electrons. The molecule has 2 aromatic carbocycles. The first-order valence-electron chi connectivity index (χ1n) is 8.02. The Labute approximate surface area is 150 Å². The van der Waals surface area contributed by atoms with Gasteiger partial charge in [0.25, 0.3) is 0 Å². The summed E-state index contributed by atoms with van der Waals surface area (Å²) in [5.41, 5.74) is 1.36. The van der Waals surface area contributed by atoms with Crippen LogP contribution in [-0.4, -0.2) is 23.9 Å². The molecule has 0 aliphatic rings. The minimum Gasteiger partial charge on any atom is -0.392 e. The quantitative estimate of drug-likeness (QED) is 0.584. The highest BCUT2D eigenvalue weighted by Crippen LogP contribution is 2.07. The summed E-state index contributed by atoms with van der Waals surface area (Å²) < 4.78 is 9.29. The van der Waals surface area contributed by atoms with Gasteiger partial charge in [0.2, 0.25) is 0 Å². The molecule has 0 atom stereocenters. The summed E-state index contributed by atoms with van der Waals surface area (Å²) in [4.78, 5) is 47.2. The minimum absolute atomic E-state index is 0.0959. The number of carbonyl (C=O) groups excluding carboxylic acids is 4. The molecule has 0 unspecified atom stereocenters. The van der Waals surface area contributed by atoms with Crippen LogP contribution in [0.4, 0.5) is 0 Å². The largest absolute Gasteiger partial charge is 0.392 e. The molecular weight excluding hydrogens is 336 g/mol. The van der Waals surface area contributed by atoms with E-state index in [1.807, 2.05) is 0 Å². The Morgan fingerprint density at radius 2 is 1.04 bits per heavy atom. The summed E-state index contributed by atoms with van der Waals surface area (Å²) in [6, 6.07) is 17.5. The first-order chi connectivity index (χ1) is 12.5. The molecule has 0 saturated carbocycles. The molecule has 6 heteroatoms. The molecule has 0 heterocycles. The van der Waals surface area contributed by atoms with Gasteiger partial charge >= 0.3 is 23.9 Å². The Bertz CT molecular complexity index is 715. The Kier molecular flexibility index (Phi) is 6.79. The van der Waals surface area contributed by atoms with Crippen LogP contribution >= 0.6 is 0 Å². The second-order valence-corrected chi connectivity index (χ2v) is 5.63. The average Bonchev–Trinajstić information content (AvgIpc) is 2.62. The van der Waals surface area contributed by atoms with E-state index >= 15 is 0 Å². The number of benzene rings is 2. The molecule has 0 spiro atoms. The van der Waals surface area contributed by atoms with Gasteiger partial charge in [-0.25, -0.2) is 0 Å². The molecule has 0 aromatic heterocycles. The maximum absolute atomic E-state index is 11.9. The van der Waals surface area contributed by atoms with Crippen LogP contribution in [0.15, 0.2) is 60.7 Å². The van der Waals surface area contributed by atoms with Gasteiger partial charge in [0.1, 0.15) is 0 Å². The number of rotatable bonds is 6. The lowest BCUT2D eigenvalue weighted by Gasteiger charge is -2.09. The molecule has 0 aliphatic carbocycles. The van der Waals surface area contributed by atoms with E-state index in [0.717, 1.165) is 0 Å². The minimum atomic E-state index is -1.38. The molecule has 0 radical (unpaired) electrons. The molecule has 0 fully saturated rings. The third-order valence-electron chi connectivity index (χ3n) is 3.52. The number of carbonyl (C=O) groups is 4. The number of hydrogen-bond acceptors (Lipinski definition) is 6. The summed E-state index contributed by atoms with van der Waals surface area (Å²) >= 11 is 0. The summed E-state index contributed by atoms with van der Waals surface area (Å²) in [6.45, 7) is 1.22. The molecule has 0 bridgehead atoms. The first kappa shape index (κ1) is 19.1. The topological polar surface area (TPSA) is 86.7 Å². The summed E-state index contributed by atoms with van der Waals surface area (Å²) in [5, 5.41) is 0. The molecule has 2 rings (SSSR count). The van der Waals surface area contributed by atoms with Gasteiger partial charge in [0.15, 0.2) is 5.92 Å². The fourth-order valence-electron chi connectivity index (χ4n) is 2.09. The van der Waals surface area contributed by atoms with E-state index in [0.29, 0.717) is 11.1 Å². The maximum atomic E-state index is 11.9. The van der Waals surface area contributed by atoms with Crippen molar-refractivity contribution in [2.45, 2.75) is 19.8 Å². The molecule has 0 N–H and O–H groups in total. The highest BCUT2D eigenvalue weighted by Gasteiger charge is 2.28. The first-order valence-corrected chi connectivity index (χ1v) is 8.02. The van der Waals surface area contributed by atoms with Crippen molar-refractivity contribution in [1.82, 2.24) is 0 Å². The van der Waals surface area contributed by atoms with E-state index in [9.17, 15) is 19.2 Å². The van der Waals surface area contributed by atoms with Gasteiger partial charge in [0, 0.05) is 0 Å². The van der Waals surface area contributed by atoms with E-state index in [1.54, 1.807) is 60.7 Å². The molecule has 26 heavy (non-hydrogen) atoms. The maximum Gasteiger partial charge on any atom is 0.327 e. The van der Waals surface area contributed by atoms with E-state index in [1.165, 1.54) is 6.92 Å². The van der Waals surface area contributed by atoms with E-state index < -0.39 is 29.8 Å². The van der Waals surface area contributed by atoms with Crippen molar-refractivity contribution in [3.63, 3.8) is 0 Å². The Morgan fingerprint density at radius 3 is 1.38 bits per heavy atom. The lowest BCUT2D eigenvalue weighted by molar-refractivity contribution is -0.169. The predicted molar refractivity (Wildman–Crippen MR) is 91.7 cm³/mol. The second-order valence-electron chi connectivity index (χ2n) is 5.63. The van der Waals surface area contributed by atoms with Crippen LogP contribution in [-0.2, 0) is 41.5 Å². The zero-order valence-electron chi connectivity index (χ0n) is 14.2. The van der Waals surface area contributed by atoms with E-state index in [4.69, 9.17) is 0 Å². The van der Waals surface area contributed by atoms with E-state index in [-0.39, 0.29) is 12.8 Å². The van der Waals surface area contributed by atoms with Gasteiger partial charge < -0.3 is 9.47 Å². The lowest BCUT2D eigenvalue weighted by Crippen LogP contribution is -2.29. The van der Waals surface area contributed by atoms with Gasteiger partial charge in [-0.3, -0.25) is 19.2 Å². The van der Waals surface area contributed by atoms with Crippen LogP contribution < -0.4 is 0 Å². The zero-order valence-corrected chi connectivity index (χ0v) is 14.2.